The van der Waals surface area contributed by atoms with Gasteiger partial charge in [-0.3, -0.25) is 0 Å². The molecule has 0 spiro atoms. The van der Waals surface area contributed by atoms with Gasteiger partial charge in [0.2, 0.25) is 0 Å². The summed E-state index contributed by atoms with van der Waals surface area (Å²) in [6.45, 7) is 27.5. The van der Waals surface area contributed by atoms with Gasteiger partial charge in [-0.2, -0.15) is 0 Å². The molecule has 0 radical (unpaired) electrons. The molecular weight excluding hydrogens is 791 g/mol. The summed E-state index contributed by atoms with van der Waals surface area (Å²) in [6, 6.07) is 33.5. The molecule has 4 aromatic rings. The number of hydrogen-bond acceptors (Lipinski definition) is 0. The Labute approximate surface area is 290 Å². The molecule has 252 valence electrons. The van der Waals surface area contributed by atoms with Crippen LogP contribution in [0.4, 0.5) is 0 Å². The predicted molar refractivity (Wildman–Crippen MR) is 224 cm³/mol. The van der Waals surface area contributed by atoms with Crippen LogP contribution >= 0.6 is 0 Å². The van der Waals surface area contributed by atoms with E-state index in [2.05, 4.69) is 193 Å². The maximum absolute atomic E-state index is 5.22. The van der Waals surface area contributed by atoms with Crippen molar-refractivity contribution in [3.8, 4) is 22.3 Å². The van der Waals surface area contributed by atoms with E-state index in [0.29, 0.717) is 14.7 Å². The zero-order valence-electron chi connectivity index (χ0n) is 31.9. The van der Waals surface area contributed by atoms with Crippen LogP contribution in [0, 0.1) is 0 Å². The van der Waals surface area contributed by atoms with Crippen LogP contribution in [0.25, 0.3) is 34.4 Å². The van der Waals surface area contributed by atoms with Crippen molar-refractivity contribution in [3.63, 3.8) is 0 Å². The molecule has 2 atom stereocenters. The molecular formula is C44H60HfSi3. The molecule has 2 aliphatic carbocycles. The Bertz CT molecular complexity index is 1970. The Morgan fingerprint density at radius 1 is 0.521 bits per heavy atom. The molecule has 4 heteroatoms. The van der Waals surface area contributed by atoms with E-state index in [9.17, 15) is 0 Å². The summed E-state index contributed by atoms with van der Waals surface area (Å²) in [5.41, 5.74) is 11.4. The number of rotatable bonds is 8. The fraction of sp³-hybridized carbons (Fsp3) is 0.364. The average molecular weight is 852 g/mol. The first-order valence-electron chi connectivity index (χ1n) is 18.4. The number of fused-ring (bicyclic) bond motifs is 2. The van der Waals surface area contributed by atoms with E-state index >= 15 is 0 Å². The van der Waals surface area contributed by atoms with Gasteiger partial charge in [-0.1, -0.05) is 0 Å². The van der Waals surface area contributed by atoms with Crippen LogP contribution in [0.3, 0.4) is 0 Å². The van der Waals surface area contributed by atoms with E-state index < -0.39 is 30.3 Å². The Balaban J connectivity index is 1.56. The molecule has 2 aliphatic rings. The Hall–Kier alpha value is -2.12. The van der Waals surface area contributed by atoms with E-state index in [1.165, 1.54) is 43.8 Å². The predicted octanol–water partition coefficient (Wildman–Crippen LogP) is 12.0. The van der Waals surface area contributed by atoms with Crippen molar-refractivity contribution in [1.82, 2.24) is 0 Å². The summed E-state index contributed by atoms with van der Waals surface area (Å²) in [5.74, 6) is 0. The van der Waals surface area contributed by atoms with Gasteiger partial charge in [-0.15, -0.1) is 0 Å². The molecule has 4 aromatic carbocycles. The van der Waals surface area contributed by atoms with Crippen LogP contribution in [0.2, 0.25) is 56.0 Å². The Kier molecular flexibility index (Phi) is 7.78. The zero-order valence-corrected chi connectivity index (χ0v) is 38.9. The van der Waals surface area contributed by atoms with Crippen molar-refractivity contribution in [2.45, 2.75) is 91.0 Å². The second-order valence-electron chi connectivity index (χ2n) is 20.6. The first kappa shape index (κ1) is 35.7. The van der Waals surface area contributed by atoms with Crippen molar-refractivity contribution in [2.24, 2.45) is 0 Å². The summed E-state index contributed by atoms with van der Waals surface area (Å²) in [5, 5.41) is 3.04. The van der Waals surface area contributed by atoms with Crippen molar-refractivity contribution < 1.29 is 14.2 Å². The monoisotopic (exact) mass is 852 g/mol. The molecule has 0 aliphatic heterocycles. The summed E-state index contributed by atoms with van der Waals surface area (Å²) in [4.78, 5) is 0. The van der Waals surface area contributed by atoms with Crippen LogP contribution < -0.4 is 10.4 Å². The van der Waals surface area contributed by atoms with Crippen molar-refractivity contribution in [2.75, 3.05) is 0 Å². The quantitative estimate of drug-likeness (QED) is 0.155. The van der Waals surface area contributed by atoms with Crippen LogP contribution in [0.15, 0.2) is 97.1 Å². The fourth-order valence-corrected chi connectivity index (χ4v) is 53.2. The normalized spacial score (nSPS) is 19.9. The third kappa shape index (κ3) is 4.64. The number of hydrogen-bond donors (Lipinski definition) is 0. The standard InChI is InChI=1S/2C18H19Si.2C3H7.2CH3.Hf.H2Si/c2*1-19(2,3)16-12-10-15(11-13-16)18-9-5-7-14-6-4-8-17(14)18;2*1-3-2;;;;/h2*4-13H,1-3H3;2*3H,1-2H3;2*1H3;;1H2. The van der Waals surface area contributed by atoms with Gasteiger partial charge >= 0.3 is 292 Å². The molecule has 6 rings (SSSR count). The summed E-state index contributed by atoms with van der Waals surface area (Å²) in [7, 11) is -2.72. The number of benzene rings is 4. The van der Waals surface area contributed by atoms with E-state index in [4.69, 9.17) is 0 Å². The van der Waals surface area contributed by atoms with Crippen LogP contribution in [0.1, 0.15) is 57.3 Å². The van der Waals surface area contributed by atoms with Crippen molar-refractivity contribution in [3.05, 3.63) is 119 Å². The van der Waals surface area contributed by atoms with E-state index in [1.54, 1.807) is 11.1 Å². The van der Waals surface area contributed by atoms with Gasteiger partial charge in [0.1, 0.15) is 0 Å². The molecule has 0 bridgehead atoms. The molecule has 48 heavy (non-hydrogen) atoms. The maximum atomic E-state index is 2.89. The van der Waals surface area contributed by atoms with Gasteiger partial charge in [0, 0.05) is 0 Å². The molecule has 0 nitrogen and oxygen atoms in total. The topological polar surface area (TPSA) is 0 Å². The number of allylic oxidation sites excluding steroid dienone is 2. The molecule has 2 unspecified atom stereocenters. The van der Waals surface area contributed by atoms with Crippen molar-refractivity contribution in [1.29, 1.82) is 0 Å². The average Bonchev–Trinajstić information content (AvgIpc) is 3.67. The van der Waals surface area contributed by atoms with E-state index in [-0.39, 0.29) is 0 Å². The minimum atomic E-state index is -5.22. The first-order valence-corrected chi connectivity index (χ1v) is 49.2. The molecule has 0 N–H and O–H groups in total. The Morgan fingerprint density at radius 2 is 0.854 bits per heavy atom. The molecule has 0 heterocycles. The minimum absolute atomic E-state index is 0.393. The molecule has 0 aromatic heterocycles. The second kappa shape index (κ2) is 10.5. The Morgan fingerprint density at radius 3 is 1.15 bits per heavy atom. The summed E-state index contributed by atoms with van der Waals surface area (Å²) in [6.07, 6.45) is 10.4. The van der Waals surface area contributed by atoms with Gasteiger partial charge in [0.25, 0.3) is 0 Å². The van der Waals surface area contributed by atoms with Gasteiger partial charge in [0.15, 0.2) is 0 Å². The fourth-order valence-electron chi connectivity index (χ4n) is 10.0. The first-order chi connectivity index (χ1) is 22.1. The zero-order chi connectivity index (χ0) is 35.2. The molecule has 0 fully saturated rings. The third-order valence-corrected chi connectivity index (χ3v) is 101. The SMILES string of the molecule is C[CH](C)[Hf]([CH3])([CH3])(=[SiH2])([CH](C)C)([CH]1C=Cc2c(-c3ccc([Si](C)(C)C)cc3)cccc21)[CH]1C=Cc2c(-c3ccc([Si](C)(C)C)cc3)cccc21. The van der Waals surface area contributed by atoms with Gasteiger partial charge in [-0.05, 0) is 0 Å². The van der Waals surface area contributed by atoms with Crippen LogP contribution in [-0.2, 0) is 14.2 Å². The van der Waals surface area contributed by atoms with Crippen LogP contribution in [0.5, 0.6) is 0 Å². The molecule has 0 saturated carbocycles. The van der Waals surface area contributed by atoms with E-state index in [0.717, 1.165) is 0 Å². The van der Waals surface area contributed by atoms with Gasteiger partial charge in [0.05, 0.1) is 0 Å². The second-order valence-corrected chi connectivity index (χ2v) is 107. The van der Waals surface area contributed by atoms with E-state index in [1.807, 2.05) is 0 Å². The summed E-state index contributed by atoms with van der Waals surface area (Å²) >= 11 is -5.22. The summed E-state index contributed by atoms with van der Waals surface area (Å²) < 4.78 is 7.63. The third-order valence-electron chi connectivity index (χ3n) is 15.9. The van der Waals surface area contributed by atoms with Crippen LogP contribution in [-0.4, -0.2) is 23.1 Å². The molecule has 0 saturated heterocycles. The van der Waals surface area contributed by atoms with Crippen molar-refractivity contribution >= 4 is 45.6 Å². The molecule has 0 amide bonds. The van der Waals surface area contributed by atoms with Gasteiger partial charge < -0.3 is 0 Å². The van der Waals surface area contributed by atoms with Gasteiger partial charge in [-0.25, -0.2) is 0 Å².